The molecule has 0 aromatic carbocycles. The van der Waals surface area contributed by atoms with Crippen LogP contribution in [0.2, 0.25) is 0 Å². The molecule has 0 aromatic rings. The van der Waals surface area contributed by atoms with Crippen molar-refractivity contribution in [3.05, 3.63) is 0 Å². The minimum atomic E-state index is -0.0191. The van der Waals surface area contributed by atoms with Gasteiger partial charge in [-0.3, -0.25) is 4.79 Å². The van der Waals surface area contributed by atoms with Crippen molar-refractivity contribution in [2.24, 2.45) is 17.8 Å². The van der Waals surface area contributed by atoms with Crippen LogP contribution in [0.4, 0.5) is 0 Å². The zero-order valence-corrected chi connectivity index (χ0v) is 8.17. The Kier molecular flexibility index (Phi) is 3.12. The van der Waals surface area contributed by atoms with E-state index < -0.39 is 0 Å². The number of ether oxygens (including phenoxy) is 1. The molecule has 1 aliphatic carbocycles. The van der Waals surface area contributed by atoms with Crippen molar-refractivity contribution in [2.75, 3.05) is 7.11 Å². The maximum Gasteiger partial charge on any atom is 0.308 e. The van der Waals surface area contributed by atoms with E-state index in [1.165, 1.54) is 20.0 Å². The van der Waals surface area contributed by atoms with Gasteiger partial charge >= 0.3 is 5.97 Å². The second kappa shape index (κ2) is 3.92. The second-order valence-electron chi connectivity index (χ2n) is 4.03. The lowest BCUT2D eigenvalue weighted by Gasteiger charge is -2.30. The van der Waals surface area contributed by atoms with E-state index in [1.54, 1.807) is 0 Å². The third-order valence-corrected chi connectivity index (χ3v) is 2.94. The highest BCUT2D eigenvalue weighted by molar-refractivity contribution is 5.72. The molecule has 3 atom stereocenters. The van der Waals surface area contributed by atoms with E-state index in [4.69, 9.17) is 4.74 Å². The van der Waals surface area contributed by atoms with Gasteiger partial charge in [-0.25, -0.2) is 0 Å². The predicted octanol–water partition coefficient (Wildman–Crippen LogP) is 2.23. The van der Waals surface area contributed by atoms with E-state index in [0.29, 0.717) is 5.92 Å². The van der Waals surface area contributed by atoms with Crippen LogP contribution in [0.3, 0.4) is 0 Å². The summed E-state index contributed by atoms with van der Waals surface area (Å²) in [5, 5.41) is 0. The molecule has 0 saturated heterocycles. The van der Waals surface area contributed by atoms with Gasteiger partial charge in [-0.1, -0.05) is 13.8 Å². The van der Waals surface area contributed by atoms with Crippen LogP contribution in [0.1, 0.15) is 33.1 Å². The molecule has 1 rings (SSSR count). The molecule has 0 aromatic heterocycles. The molecule has 0 heterocycles. The average molecular weight is 170 g/mol. The Hall–Kier alpha value is -0.530. The zero-order valence-electron chi connectivity index (χ0n) is 8.17. The van der Waals surface area contributed by atoms with Crippen LogP contribution in [0.5, 0.6) is 0 Å². The van der Waals surface area contributed by atoms with Crippen molar-refractivity contribution in [1.29, 1.82) is 0 Å². The van der Waals surface area contributed by atoms with Gasteiger partial charge in [0.1, 0.15) is 0 Å². The summed E-state index contributed by atoms with van der Waals surface area (Å²) < 4.78 is 4.76. The molecule has 2 heteroatoms. The number of rotatable bonds is 1. The third kappa shape index (κ3) is 1.99. The molecule has 0 amide bonds. The molecule has 0 radical (unpaired) electrons. The number of methoxy groups -OCH3 is 1. The highest BCUT2D eigenvalue weighted by Crippen LogP contribution is 2.33. The first-order chi connectivity index (χ1) is 5.65. The molecule has 1 fully saturated rings. The van der Waals surface area contributed by atoms with Crippen LogP contribution in [-0.4, -0.2) is 13.1 Å². The van der Waals surface area contributed by atoms with Gasteiger partial charge in [0.2, 0.25) is 0 Å². The van der Waals surface area contributed by atoms with E-state index in [2.05, 4.69) is 13.8 Å². The molecule has 70 valence electrons. The summed E-state index contributed by atoms with van der Waals surface area (Å²) in [5.74, 6) is 1.42. The monoisotopic (exact) mass is 170 g/mol. The molecule has 2 nitrogen and oxygen atoms in total. The van der Waals surface area contributed by atoms with Crippen LogP contribution in [0.25, 0.3) is 0 Å². The Morgan fingerprint density at radius 1 is 1.33 bits per heavy atom. The Balaban J connectivity index is 2.50. The maximum atomic E-state index is 11.3. The number of esters is 1. The number of carbonyl (C=O) groups is 1. The van der Waals surface area contributed by atoms with Crippen molar-refractivity contribution >= 4 is 5.97 Å². The quantitative estimate of drug-likeness (QED) is 0.564. The van der Waals surface area contributed by atoms with Crippen molar-refractivity contribution in [1.82, 2.24) is 0 Å². The molecular formula is C10H18O2. The highest BCUT2D eigenvalue weighted by Gasteiger charge is 2.31. The highest BCUT2D eigenvalue weighted by atomic mass is 16.5. The van der Waals surface area contributed by atoms with Gasteiger partial charge in [-0.15, -0.1) is 0 Å². The predicted molar refractivity (Wildman–Crippen MR) is 47.7 cm³/mol. The largest absolute Gasteiger partial charge is 0.469 e. The second-order valence-corrected chi connectivity index (χ2v) is 4.03. The first-order valence-corrected chi connectivity index (χ1v) is 4.73. The van der Waals surface area contributed by atoms with Gasteiger partial charge in [0.15, 0.2) is 0 Å². The molecule has 1 saturated carbocycles. The van der Waals surface area contributed by atoms with Crippen LogP contribution in [0.15, 0.2) is 0 Å². The minimum Gasteiger partial charge on any atom is -0.469 e. The molecule has 1 aliphatic rings. The molecule has 12 heavy (non-hydrogen) atoms. The van der Waals surface area contributed by atoms with Gasteiger partial charge in [-0.05, 0) is 31.1 Å². The van der Waals surface area contributed by atoms with Crippen molar-refractivity contribution in [3.63, 3.8) is 0 Å². The molecule has 0 aliphatic heterocycles. The summed E-state index contributed by atoms with van der Waals surface area (Å²) in [6, 6.07) is 0. The van der Waals surface area contributed by atoms with E-state index in [-0.39, 0.29) is 11.9 Å². The smallest absolute Gasteiger partial charge is 0.308 e. The summed E-state index contributed by atoms with van der Waals surface area (Å²) in [4.78, 5) is 11.3. The lowest BCUT2D eigenvalue weighted by Crippen LogP contribution is -2.29. The van der Waals surface area contributed by atoms with Crippen LogP contribution in [-0.2, 0) is 9.53 Å². The number of hydrogen-bond acceptors (Lipinski definition) is 2. The first kappa shape index (κ1) is 9.56. The minimum absolute atomic E-state index is 0.0191. The van der Waals surface area contributed by atoms with Gasteiger partial charge in [0, 0.05) is 0 Å². The lowest BCUT2D eigenvalue weighted by molar-refractivity contribution is -0.148. The van der Waals surface area contributed by atoms with Gasteiger partial charge in [0.05, 0.1) is 13.0 Å². The molecule has 0 N–H and O–H groups in total. The zero-order chi connectivity index (χ0) is 9.14. The maximum absolute atomic E-state index is 11.3. The summed E-state index contributed by atoms with van der Waals surface area (Å²) in [6.45, 7) is 4.40. The van der Waals surface area contributed by atoms with E-state index in [1.807, 2.05) is 0 Å². The van der Waals surface area contributed by atoms with Crippen LogP contribution in [0, 0.1) is 17.8 Å². The van der Waals surface area contributed by atoms with Crippen molar-refractivity contribution in [2.45, 2.75) is 33.1 Å². The third-order valence-electron chi connectivity index (χ3n) is 2.94. The van der Waals surface area contributed by atoms with Gasteiger partial charge < -0.3 is 4.74 Å². The van der Waals surface area contributed by atoms with Crippen molar-refractivity contribution < 1.29 is 9.53 Å². The Labute approximate surface area is 74.3 Å². The van der Waals surface area contributed by atoms with E-state index in [0.717, 1.165) is 12.3 Å². The van der Waals surface area contributed by atoms with Gasteiger partial charge in [-0.2, -0.15) is 0 Å². The topological polar surface area (TPSA) is 26.3 Å². The summed E-state index contributed by atoms with van der Waals surface area (Å²) >= 11 is 0. The summed E-state index contributed by atoms with van der Waals surface area (Å²) in [7, 11) is 1.48. The normalized spacial score (nSPS) is 36.1. The number of hydrogen-bond donors (Lipinski definition) is 0. The lowest BCUT2D eigenvalue weighted by atomic mass is 9.76. The average Bonchev–Trinajstić information content (AvgIpc) is 2.03. The standard InChI is InChI=1S/C10H18O2/c1-7-4-5-9(8(2)6-7)10(11)12-3/h7-9H,4-6H2,1-3H3. The van der Waals surface area contributed by atoms with Crippen molar-refractivity contribution in [3.8, 4) is 0 Å². The molecule has 0 spiro atoms. The molecule has 3 unspecified atom stereocenters. The SMILES string of the molecule is COC(=O)C1CCC(C)CC1C. The fourth-order valence-electron chi connectivity index (χ4n) is 2.17. The van der Waals surface area contributed by atoms with Crippen LogP contribution < -0.4 is 0 Å². The number of carbonyl (C=O) groups excluding carboxylic acids is 1. The Morgan fingerprint density at radius 2 is 2.00 bits per heavy atom. The van der Waals surface area contributed by atoms with E-state index >= 15 is 0 Å². The van der Waals surface area contributed by atoms with E-state index in [9.17, 15) is 4.79 Å². The fraction of sp³-hybridized carbons (Fsp3) is 0.900. The molecule has 0 bridgehead atoms. The fourth-order valence-corrected chi connectivity index (χ4v) is 2.17. The summed E-state index contributed by atoms with van der Waals surface area (Å²) in [5.41, 5.74) is 0. The molecular weight excluding hydrogens is 152 g/mol. The Bertz CT molecular complexity index is 165. The first-order valence-electron chi connectivity index (χ1n) is 4.73. The Morgan fingerprint density at radius 3 is 2.50 bits per heavy atom. The summed E-state index contributed by atoms with van der Waals surface area (Å²) in [6.07, 6.45) is 3.35. The van der Waals surface area contributed by atoms with Crippen LogP contribution >= 0.6 is 0 Å². The van der Waals surface area contributed by atoms with Gasteiger partial charge in [0.25, 0.3) is 0 Å².